The first-order valence-corrected chi connectivity index (χ1v) is 6.10. The number of carbonyl (C=O) groups excluding carboxylic acids is 1. The molecule has 1 fully saturated rings. The lowest BCUT2D eigenvalue weighted by atomic mass is 9.96. The highest BCUT2D eigenvalue weighted by molar-refractivity contribution is 5.91. The minimum atomic E-state index is -0.987. The highest BCUT2D eigenvalue weighted by Crippen LogP contribution is 2.28. The molecule has 0 aromatic carbocycles. The number of carboxylic acid groups (broad SMARTS) is 1. The first-order valence-electron chi connectivity index (χ1n) is 6.10. The molecule has 2 rings (SSSR count). The van der Waals surface area contributed by atoms with Crippen molar-refractivity contribution in [3.8, 4) is 0 Å². The van der Waals surface area contributed by atoms with Crippen LogP contribution in [-0.4, -0.2) is 59.5 Å². The topological polar surface area (TPSA) is 105 Å². The number of carboxylic acids is 1. The molecular formula is C12H16N4O4. The number of aromatic nitrogens is 2. The number of hydrogen-bond donors (Lipinski definition) is 2. The van der Waals surface area contributed by atoms with Gasteiger partial charge >= 0.3 is 5.97 Å². The molecule has 1 aromatic rings. The van der Waals surface area contributed by atoms with Crippen molar-refractivity contribution >= 4 is 17.7 Å². The molecule has 1 aliphatic rings. The van der Waals surface area contributed by atoms with E-state index in [1.165, 1.54) is 7.05 Å². The van der Waals surface area contributed by atoms with Crippen molar-refractivity contribution in [2.45, 2.75) is 12.5 Å². The molecule has 8 heteroatoms. The summed E-state index contributed by atoms with van der Waals surface area (Å²) in [5, 5.41) is 18.9. The smallest absolute Gasteiger partial charge is 0.329 e. The van der Waals surface area contributed by atoms with Gasteiger partial charge < -0.3 is 20.1 Å². The van der Waals surface area contributed by atoms with Crippen molar-refractivity contribution in [3.63, 3.8) is 0 Å². The molecule has 1 saturated heterocycles. The first-order chi connectivity index (χ1) is 9.43. The normalized spacial score (nSPS) is 16.4. The third-order valence-electron chi connectivity index (χ3n) is 3.03. The zero-order valence-corrected chi connectivity index (χ0v) is 11.3. The Balaban J connectivity index is 1.92. The Kier molecular flexibility index (Phi) is 3.84. The average Bonchev–Trinajstić information content (AvgIpc) is 2.41. The van der Waals surface area contributed by atoms with Crippen LogP contribution in [-0.2, 0) is 9.53 Å². The Morgan fingerprint density at radius 3 is 2.65 bits per heavy atom. The maximum absolute atomic E-state index is 11.3. The van der Waals surface area contributed by atoms with Gasteiger partial charge in [-0.3, -0.25) is 4.79 Å². The maximum atomic E-state index is 11.3. The number of aliphatic carboxylic acids is 1. The van der Waals surface area contributed by atoms with Gasteiger partial charge in [-0.15, -0.1) is 10.2 Å². The molecule has 0 spiro atoms. The zero-order chi connectivity index (χ0) is 14.8. The summed E-state index contributed by atoms with van der Waals surface area (Å²) in [6.07, 6.45) is 0. The van der Waals surface area contributed by atoms with Crippen LogP contribution in [0.4, 0.5) is 5.82 Å². The van der Waals surface area contributed by atoms with Gasteiger partial charge in [-0.25, -0.2) is 4.79 Å². The molecule has 20 heavy (non-hydrogen) atoms. The van der Waals surface area contributed by atoms with Crippen LogP contribution < -0.4 is 10.2 Å². The predicted octanol–water partition coefficient (Wildman–Crippen LogP) is -0.484. The largest absolute Gasteiger partial charge is 0.480 e. The van der Waals surface area contributed by atoms with Crippen LogP contribution in [0.15, 0.2) is 12.1 Å². The summed E-state index contributed by atoms with van der Waals surface area (Å²) >= 11 is 0. The summed E-state index contributed by atoms with van der Waals surface area (Å²) < 4.78 is 5.30. The van der Waals surface area contributed by atoms with Gasteiger partial charge in [0.15, 0.2) is 11.5 Å². The number of amides is 1. The number of nitrogens with one attached hydrogen (secondary N) is 1. The fraction of sp³-hybridized carbons (Fsp3) is 0.500. The van der Waals surface area contributed by atoms with Gasteiger partial charge in [0.05, 0.1) is 13.1 Å². The van der Waals surface area contributed by atoms with Gasteiger partial charge in [0.1, 0.15) is 12.2 Å². The van der Waals surface area contributed by atoms with Crippen molar-refractivity contribution in [3.05, 3.63) is 17.8 Å². The highest BCUT2D eigenvalue weighted by Gasteiger charge is 2.41. The molecule has 2 heterocycles. The van der Waals surface area contributed by atoms with Crippen molar-refractivity contribution in [2.75, 3.05) is 31.6 Å². The van der Waals surface area contributed by atoms with Crippen LogP contribution in [0.3, 0.4) is 0 Å². The second-order valence-corrected chi connectivity index (χ2v) is 4.84. The minimum Gasteiger partial charge on any atom is -0.480 e. The van der Waals surface area contributed by atoms with E-state index in [1.807, 2.05) is 11.8 Å². The molecule has 0 radical (unpaired) electrons. The van der Waals surface area contributed by atoms with Gasteiger partial charge in [0.25, 0.3) is 5.91 Å². The summed E-state index contributed by atoms with van der Waals surface area (Å²) in [6.45, 7) is 2.60. The molecule has 108 valence electrons. The quantitative estimate of drug-likeness (QED) is 0.750. The summed E-state index contributed by atoms with van der Waals surface area (Å²) in [4.78, 5) is 23.7. The third-order valence-corrected chi connectivity index (χ3v) is 3.03. The molecule has 0 unspecified atom stereocenters. The summed E-state index contributed by atoms with van der Waals surface area (Å²) in [6, 6.07) is 3.29. The van der Waals surface area contributed by atoms with Crippen LogP contribution in [0.5, 0.6) is 0 Å². The number of ether oxygens (including phenoxy) is 1. The first kappa shape index (κ1) is 14.2. The minimum absolute atomic E-state index is 0.252. The lowest BCUT2D eigenvalue weighted by molar-refractivity contribution is -0.150. The van der Waals surface area contributed by atoms with Crippen molar-refractivity contribution in [1.82, 2.24) is 15.5 Å². The standard InChI is InChI=1S/C12H16N4O4/c1-12(20-5-10(17)18)6-16(7-12)9-4-3-8(14-15-9)11(19)13-2/h3-4H,5-7H2,1-2H3,(H,13,19)(H,17,18). The van der Waals surface area contributed by atoms with Crippen molar-refractivity contribution < 1.29 is 19.4 Å². The lowest BCUT2D eigenvalue weighted by Gasteiger charge is -2.47. The Morgan fingerprint density at radius 1 is 1.45 bits per heavy atom. The maximum Gasteiger partial charge on any atom is 0.329 e. The van der Waals surface area contributed by atoms with E-state index in [1.54, 1.807) is 12.1 Å². The second-order valence-electron chi connectivity index (χ2n) is 4.84. The SMILES string of the molecule is CNC(=O)c1ccc(N2CC(C)(OCC(=O)O)C2)nn1. The molecule has 0 bridgehead atoms. The van der Waals surface area contributed by atoms with Gasteiger partial charge in [-0.1, -0.05) is 0 Å². The molecule has 0 saturated carbocycles. The Hall–Kier alpha value is -2.22. The van der Waals surface area contributed by atoms with E-state index >= 15 is 0 Å². The van der Waals surface area contributed by atoms with E-state index < -0.39 is 11.6 Å². The molecule has 0 atom stereocenters. The summed E-state index contributed by atoms with van der Waals surface area (Å²) in [5.41, 5.74) is -0.235. The van der Waals surface area contributed by atoms with Gasteiger partial charge in [0.2, 0.25) is 0 Å². The van der Waals surface area contributed by atoms with Gasteiger partial charge in [-0.05, 0) is 19.1 Å². The second kappa shape index (κ2) is 5.41. The molecule has 0 aliphatic carbocycles. The molecule has 8 nitrogen and oxygen atoms in total. The lowest BCUT2D eigenvalue weighted by Crippen LogP contribution is -2.62. The molecular weight excluding hydrogens is 264 g/mol. The van der Waals surface area contributed by atoms with E-state index in [4.69, 9.17) is 9.84 Å². The van der Waals surface area contributed by atoms with E-state index in [2.05, 4.69) is 15.5 Å². The predicted molar refractivity (Wildman–Crippen MR) is 69.6 cm³/mol. The van der Waals surface area contributed by atoms with E-state index in [-0.39, 0.29) is 18.2 Å². The average molecular weight is 280 g/mol. The number of nitrogens with zero attached hydrogens (tertiary/aromatic N) is 3. The van der Waals surface area contributed by atoms with Crippen molar-refractivity contribution in [2.24, 2.45) is 0 Å². The summed E-state index contributed by atoms with van der Waals surface area (Å²) in [5.74, 6) is -0.643. The van der Waals surface area contributed by atoms with Gasteiger partial charge in [-0.2, -0.15) is 0 Å². The number of carbonyl (C=O) groups is 2. The summed E-state index contributed by atoms with van der Waals surface area (Å²) in [7, 11) is 1.53. The fourth-order valence-corrected chi connectivity index (χ4v) is 1.99. The fourth-order valence-electron chi connectivity index (χ4n) is 1.99. The van der Waals surface area contributed by atoms with Crippen LogP contribution >= 0.6 is 0 Å². The third kappa shape index (κ3) is 3.02. The van der Waals surface area contributed by atoms with Crippen LogP contribution in [0.25, 0.3) is 0 Å². The van der Waals surface area contributed by atoms with Crippen LogP contribution in [0.2, 0.25) is 0 Å². The Labute approximate surface area is 115 Å². The molecule has 1 aliphatic heterocycles. The Morgan fingerprint density at radius 2 is 2.15 bits per heavy atom. The van der Waals surface area contributed by atoms with Gasteiger partial charge in [0, 0.05) is 7.05 Å². The molecule has 1 aromatic heterocycles. The zero-order valence-electron chi connectivity index (χ0n) is 11.3. The number of hydrogen-bond acceptors (Lipinski definition) is 6. The number of anilines is 1. The Bertz CT molecular complexity index is 511. The van der Waals surface area contributed by atoms with E-state index in [9.17, 15) is 9.59 Å². The van der Waals surface area contributed by atoms with Crippen molar-refractivity contribution in [1.29, 1.82) is 0 Å². The molecule has 1 amide bonds. The van der Waals surface area contributed by atoms with E-state index in [0.717, 1.165) is 0 Å². The van der Waals surface area contributed by atoms with Crippen LogP contribution in [0, 0.1) is 0 Å². The molecule has 2 N–H and O–H groups in total. The highest BCUT2D eigenvalue weighted by atomic mass is 16.5. The monoisotopic (exact) mass is 280 g/mol. The van der Waals surface area contributed by atoms with Crippen LogP contribution in [0.1, 0.15) is 17.4 Å². The van der Waals surface area contributed by atoms with E-state index in [0.29, 0.717) is 18.9 Å². The number of rotatable bonds is 5.